The Morgan fingerprint density at radius 2 is 1.20 bits per heavy atom. The van der Waals surface area contributed by atoms with Gasteiger partial charge in [0.25, 0.3) is 0 Å². The molecule has 0 fully saturated rings. The van der Waals surface area contributed by atoms with E-state index < -0.39 is 0 Å². The van der Waals surface area contributed by atoms with Gasteiger partial charge in [0.2, 0.25) is 0 Å². The molecular formula is C29H24O. The third-order valence-electron chi connectivity index (χ3n) is 7.09. The molecule has 146 valence electrons. The molecule has 1 nitrogen and oxygen atoms in total. The van der Waals surface area contributed by atoms with E-state index in [4.69, 9.17) is 4.74 Å². The fourth-order valence-corrected chi connectivity index (χ4v) is 5.62. The van der Waals surface area contributed by atoms with Crippen LogP contribution in [0.3, 0.4) is 0 Å². The van der Waals surface area contributed by atoms with E-state index in [9.17, 15) is 0 Å². The van der Waals surface area contributed by atoms with Gasteiger partial charge in [-0.3, -0.25) is 0 Å². The molecule has 0 radical (unpaired) electrons. The molecule has 0 amide bonds. The largest absolute Gasteiger partial charge is 0.497 e. The second-order valence-corrected chi connectivity index (χ2v) is 8.52. The number of ether oxygens (including phenoxy) is 1. The predicted octanol–water partition coefficient (Wildman–Crippen LogP) is 7.63. The van der Waals surface area contributed by atoms with Crippen molar-refractivity contribution < 1.29 is 4.74 Å². The number of methoxy groups -OCH3 is 1. The zero-order chi connectivity index (χ0) is 20.4. The zero-order valence-electron chi connectivity index (χ0n) is 17.6. The van der Waals surface area contributed by atoms with E-state index in [0.717, 1.165) is 5.75 Å². The highest BCUT2D eigenvalue weighted by atomic mass is 16.5. The van der Waals surface area contributed by atoms with Crippen molar-refractivity contribution in [3.63, 3.8) is 0 Å². The first-order chi connectivity index (χ1) is 14.7. The first kappa shape index (κ1) is 17.5. The standard InChI is InChI=1S/C29H24O/c1-17-21-8-4-6-10-23(21)28-25(17)16-26(19-12-14-20(30-3)15-13-19)29-24-11-7-5-9-22(24)18(2)27(28)29/h4-18H,1-3H3. The summed E-state index contributed by atoms with van der Waals surface area (Å²) in [6.45, 7) is 4.72. The average Bonchev–Trinajstić information content (AvgIpc) is 3.26. The van der Waals surface area contributed by atoms with Crippen molar-refractivity contribution >= 4 is 0 Å². The van der Waals surface area contributed by atoms with Gasteiger partial charge in [0.05, 0.1) is 7.11 Å². The summed E-state index contributed by atoms with van der Waals surface area (Å²) in [5.41, 5.74) is 14.1. The molecular weight excluding hydrogens is 364 g/mol. The fourth-order valence-electron chi connectivity index (χ4n) is 5.62. The molecule has 0 spiro atoms. The van der Waals surface area contributed by atoms with Crippen molar-refractivity contribution in [1.29, 1.82) is 0 Å². The number of hydrogen-bond acceptors (Lipinski definition) is 1. The van der Waals surface area contributed by atoms with Crippen LogP contribution in [0.15, 0.2) is 78.9 Å². The van der Waals surface area contributed by atoms with Crippen LogP contribution in [0.1, 0.15) is 47.9 Å². The van der Waals surface area contributed by atoms with Crippen molar-refractivity contribution in [3.8, 4) is 39.1 Å². The van der Waals surface area contributed by atoms with Crippen molar-refractivity contribution in [2.24, 2.45) is 0 Å². The van der Waals surface area contributed by atoms with Crippen molar-refractivity contribution in [3.05, 3.63) is 101 Å². The molecule has 6 rings (SSSR count). The summed E-state index contributed by atoms with van der Waals surface area (Å²) in [4.78, 5) is 0. The molecule has 0 saturated heterocycles. The molecule has 0 aromatic heterocycles. The van der Waals surface area contributed by atoms with Gasteiger partial charge in [0, 0.05) is 11.8 Å². The molecule has 4 aromatic rings. The second-order valence-electron chi connectivity index (χ2n) is 8.52. The minimum Gasteiger partial charge on any atom is -0.497 e. The van der Waals surface area contributed by atoms with Crippen molar-refractivity contribution in [2.75, 3.05) is 7.11 Å². The van der Waals surface area contributed by atoms with Gasteiger partial charge in [0.15, 0.2) is 0 Å². The van der Waals surface area contributed by atoms with Crippen LogP contribution in [-0.2, 0) is 0 Å². The highest BCUT2D eigenvalue weighted by Gasteiger charge is 2.37. The number of hydrogen-bond donors (Lipinski definition) is 0. The van der Waals surface area contributed by atoms with Gasteiger partial charge < -0.3 is 4.74 Å². The van der Waals surface area contributed by atoms with Gasteiger partial charge >= 0.3 is 0 Å². The molecule has 4 aromatic carbocycles. The van der Waals surface area contributed by atoms with Gasteiger partial charge in [-0.2, -0.15) is 0 Å². The molecule has 2 aliphatic rings. The van der Waals surface area contributed by atoms with Gasteiger partial charge in [-0.05, 0) is 73.8 Å². The molecule has 0 bridgehead atoms. The highest BCUT2D eigenvalue weighted by Crippen LogP contribution is 2.58. The summed E-state index contributed by atoms with van der Waals surface area (Å²) < 4.78 is 5.40. The lowest BCUT2D eigenvalue weighted by molar-refractivity contribution is 0.415. The minimum atomic E-state index is 0.390. The van der Waals surface area contributed by atoms with Gasteiger partial charge in [-0.15, -0.1) is 0 Å². The number of benzene rings is 4. The maximum absolute atomic E-state index is 5.40. The average molecular weight is 389 g/mol. The lowest BCUT2D eigenvalue weighted by Crippen LogP contribution is -1.98. The zero-order valence-corrected chi connectivity index (χ0v) is 17.6. The van der Waals surface area contributed by atoms with E-state index in [2.05, 4.69) is 92.7 Å². The smallest absolute Gasteiger partial charge is 0.118 e. The maximum atomic E-state index is 5.40. The summed E-state index contributed by atoms with van der Waals surface area (Å²) >= 11 is 0. The summed E-state index contributed by atoms with van der Waals surface area (Å²) in [6, 6.07) is 28.9. The van der Waals surface area contributed by atoms with Crippen LogP contribution in [-0.4, -0.2) is 7.11 Å². The predicted molar refractivity (Wildman–Crippen MR) is 124 cm³/mol. The van der Waals surface area contributed by atoms with Gasteiger partial charge in [0.1, 0.15) is 5.75 Å². The molecule has 2 unspecified atom stereocenters. The lowest BCUT2D eigenvalue weighted by Gasteiger charge is -2.18. The first-order valence-electron chi connectivity index (χ1n) is 10.7. The monoisotopic (exact) mass is 388 g/mol. The van der Waals surface area contributed by atoms with E-state index in [1.54, 1.807) is 7.11 Å². The Morgan fingerprint density at radius 1 is 0.600 bits per heavy atom. The third kappa shape index (κ3) is 2.24. The second kappa shape index (κ2) is 6.34. The quantitative estimate of drug-likeness (QED) is 0.343. The van der Waals surface area contributed by atoms with Crippen LogP contribution in [0.2, 0.25) is 0 Å². The minimum absolute atomic E-state index is 0.390. The topological polar surface area (TPSA) is 9.23 Å². The van der Waals surface area contributed by atoms with Crippen molar-refractivity contribution in [2.45, 2.75) is 25.7 Å². The summed E-state index contributed by atoms with van der Waals surface area (Å²) in [5.74, 6) is 1.70. The first-order valence-corrected chi connectivity index (χ1v) is 10.7. The van der Waals surface area contributed by atoms with Crippen LogP contribution in [0.4, 0.5) is 0 Å². The third-order valence-corrected chi connectivity index (χ3v) is 7.09. The number of rotatable bonds is 2. The molecule has 0 N–H and O–H groups in total. The van der Waals surface area contributed by atoms with Gasteiger partial charge in [-0.25, -0.2) is 0 Å². The van der Waals surface area contributed by atoms with E-state index in [-0.39, 0.29) is 0 Å². The Kier molecular flexibility index (Phi) is 3.70. The van der Waals surface area contributed by atoms with Crippen LogP contribution < -0.4 is 4.74 Å². The summed E-state index contributed by atoms with van der Waals surface area (Å²) in [5, 5.41) is 0. The molecule has 30 heavy (non-hydrogen) atoms. The van der Waals surface area contributed by atoms with E-state index in [1.165, 1.54) is 55.6 Å². The Hall–Kier alpha value is -3.32. The summed E-state index contributed by atoms with van der Waals surface area (Å²) in [6.07, 6.45) is 0. The van der Waals surface area contributed by atoms with E-state index >= 15 is 0 Å². The Morgan fingerprint density at radius 3 is 1.87 bits per heavy atom. The van der Waals surface area contributed by atoms with E-state index in [0.29, 0.717) is 11.8 Å². The van der Waals surface area contributed by atoms with Crippen LogP contribution in [0.25, 0.3) is 33.4 Å². The molecule has 0 saturated carbocycles. The Balaban J connectivity index is 1.71. The summed E-state index contributed by atoms with van der Waals surface area (Å²) in [7, 11) is 1.72. The normalized spacial score (nSPS) is 17.8. The van der Waals surface area contributed by atoms with Gasteiger partial charge in [-0.1, -0.05) is 74.5 Å². The molecule has 2 atom stereocenters. The Labute approximate surface area is 178 Å². The highest BCUT2D eigenvalue weighted by molar-refractivity contribution is 5.99. The Bertz CT molecular complexity index is 1300. The molecule has 1 heteroatoms. The maximum Gasteiger partial charge on any atom is 0.118 e. The number of fused-ring (bicyclic) bond motifs is 7. The van der Waals surface area contributed by atoms with E-state index in [1.807, 2.05) is 0 Å². The molecule has 2 aliphatic carbocycles. The lowest BCUT2D eigenvalue weighted by atomic mass is 9.85. The van der Waals surface area contributed by atoms with Crippen LogP contribution >= 0.6 is 0 Å². The van der Waals surface area contributed by atoms with Crippen LogP contribution in [0, 0.1) is 0 Å². The molecule has 0 heterocycles. The fraction of sp³-hybridized carbons (Fsp3) is 0.172. The van der Waals surface area contributed by atoms with Crippen molar-refractivity contribution in [1.82, 2.24) is 0 Å². The van der Waals surface area contributed by atoms with Crippen LogP contribution in [0.5, 0.6) is 5.75 Å². The molecule has 0 aliphatic heterocycles. The SMILES string of the molecule is COc1ccc(-c2cc3c(c4c2-c2ccccc2C4C)-c2ccccc2C3C)cc1.